The number of hydrogen-bond acceptors (Lipinski definition) is 4. The number of nitrogens with one attached hydrogen (secondary N) is 1. The van der Waals surface area contributed by atoms with Crippen LogP contribution in [-0.4, -0.2) is 25.7 Å². The molecular formula is C7H13NO3. The summed E-state index contributed by atoms with van der Waals surface area (Å²) in [6.07, 6.45) is 0.853. The fourth-order valence-electron chi connectivity index (χ4n) is 1.04. The molecule has 0 aromatic carbocycles. The van der Waals surface area contributed by atoms with Crippen molar-refractivity contribution < 1.29 is 14.6 Å². The molecule has 0 aromatic rings. The normalized spacial score (nSPS) is 23.5. The third-order valence-electron chi connectivity index (χ3n) is 1.65. The van der Waals surface area contributed by atoms with E-state index < -0.39 is 0 Å². The molecule has 1 unspecified atom stereocenters. The van der Waals surface area contributed by atoms with Crippen LogP contribution in [0.25, 0.3) is 0 Å². The van der Waals surface area contributed by atoms with Crippen LogP contribution in [0.3, 0.4) is 0 Å². The number of carbonyl (C=O) groups excluding carboxylic acids is 1. The maximum absolute atomic E-state index is 11.0. The Kier molecular flexibility index (Phi) is 3.32. The maximum Gasteiger partial charge on any atom is 0.346 e. The average molecular weight is 159 g/mol. The Morgan fingerprint density at radius 1 is 1.73 bits per heavy atom. The lowest BCUT2D eigenvalue weighted by Crippen LogP contribution is -2.20. The van der Waals surface area contributed by atoms with Crippen LogP contribution in [0.15, 0.2) is 0 Å². The number of hydrogen-bond donors (Lipinski definition) is 1. The van der Waals surface area contributed by atoms with Crippen molar-refractivity contribution in [2.45, 2.75) is 13.3 Å². The molecule has 1 atom stereocenters. The molecule has 0 spiro atoms. The van der Waals surface area contributed by atoms with Crippen LogP contribution in [0.4, 0.5) is 0 Å². The highest BCUT2D eigenvalue weighted by molar-refractivity contribution is 5.72. The Morgan fingerprint density at radius 2 is 2.55 bits per heavy atom. The minimum absolute atomic E-state index is 0.0125. The second-order valence-electron chi connectivity index (χ2n) is 2.50. The van der Waals surface area contributed by atoms with Crippen LogP contribution in [0.2, 0.25) is 0 Å². The highest BCUT2D eigenvalue weighted by atomic mass is 17.2. The summed E-state index contributed by atoms with van der Waals surface area (Å²) >= 11 is 0. The van der Waals surface area contributed by atoms with Gasteiger partial charge in [-0.3, -0.25) is 4.89 Å². The van der Waals surface area contributed by atoms with Crippen molar-refractivity contribution in [3.05, 3.63) is 0 Å². The van der Waals surface area contributed by atoms with Crippen LogP contribution >= 0.6 is 0 Å². The van der Waals surface area contributed by atoms with Crippen LogP contribution in [-0.2, 0) is 14.6 Å². The zero-order chi connectivity index (χ0) is 8.10. The van der Waals surface area contributed by atoms with Crippen molar-refractivity contribution in [3.8, 4) is 0 Å². The van der Waals surface area contributed by atoms with Gasteiger partial charge in [-0.15, -0.1) is 0 Å². The van der Waals surface area contributed by atoms with E-state index in [2.05, 4.69) is 15.1 Å². The third kappa shape index (κ3) is 2.48. The highest BCUT2D eigenvalue weighted by Crippen LogP contribution is 2.09. The summed E-state index contributed by atoms with van der Waals surface area (Å²) in [6.45, 7) is 3.80. The first-order chi connectivity index (χ1) is 5.34. The highest BCUT2D eigenvalue weighted by Gasteiger charge is 2.24. The molecule has 1 N–H and O–H groups in total. The largest absolute Gasteiger partial charge is 0.346 e. The summed E-state index contributed by atoms with van der Waals surface area (Å²) in [5, 5.41) is 3.07. The van der Waals surface area contributed by atoms with Crippen LogP contribution < -0.4 is 5.32 Å². The van der Waals surface area contributed by atoms with Gasteiger partial charge in [-0.25, -0.2) is 4.79 Å². The molecule has 0 bridgehead atoms. The smallest absolute Gasteiger partial charge is 0.316 e. The number of carbonyl (C=O) groups is 1. The minimum Gasteiger partial charge on any atom is -0.316 e. The molecule has 0 radical (unpaired) electrons. The summed E-state index contributed by atoms with van der Waals surface area (Å²) < 4.78 is 0. The third-order valence-corrected chi connectivity index (χ3v) is 1.65. The molecule has 4 heteroatoms. The molecule has 0 aromatic heterocycles. The van der Waals surface area contributed by atoms with E-state index in [0.29, 0.717) is 13.2 Å². The molecule has 64 valence electrons. The van der Waals surface area contributed by atoms with E-state index >= 15 is 0 Å². The molecule has 1 fully saturated rings. The van der Waals surface area contributed by atoms with Crippen molar-refractivity contribution in [2.24, 2.45) is 5.92 Å². The maximum atomic E-state index is 11.0. The van der Waals surface area contributed by atoms with Crippen molar-refractivity contribution in [1.29, 1.82) is 0 Å². The molecule has 1 aliphatic heterocycles. The molecule has 1 saturated heterocycles. The van der Waals surface area contributed by atoms with E-state index in [0.717, 1.165) is 13.0 Å². The second-order valence-corrected chi connectivity index (χ2v) is 2.50. The zero-order valence-electron chi connectivity index (χ0n) is 6.63. The van der Waals surface area contributed by atoms with Gasteiger partial charge in [0, 0.05) is 6.54 Å². The Balaban J connectivity index is 2.17. The Labute approximate surface area is 65.8 Å². The minimum atomic E-state index is -0.253. The van der Waals surface area contributed by atoms with Gasteiger partial charge in [0.15, 0.2) is 0 Å². The van der Waals surface area contributed by atoms with Gasteiger partial charge in [0.1, 0.15) is 0 Å². The van der Waals surface area contributed by atoms with E-state index in [9.17, 15) is 4.79 Å². The molecule has 0 saturated carbocycles. The van der Waals surface area contributed by atoms with E-state index in [1.165, 1.54) is 0 Å². The molecular weight excluding hydrogens is 146 g/mol. The predicted molar refractivity (Wildman–Crippen MR) is 38.7 cm³/mol. The molecule has 1 heterocycles. The average Bonchev–Trinajstić information content (AvgIpc) is 2.52. The second kappa shape index (κ2) is 4.31. The van der Waals surface area contributed by atoms with E-state index in [4.69, 9.17) is 0 Å². The first-order valence-corrected chi connectivity index (χ1v) is 3.88. The summed E-state index contributed by atoms with van der Waals surface area (Å²) in [7, 11) is 0. The summed E-state index contributed by atoms with van der Waals surface area (Å²) in [5.74, 6) is -0.265. The van der Waals surface area contributed by atoms with Crippen molar-refractivity contribution in [3.63, 3.8) is 0 Å². The van der Waals surface area contributed by atoms with Gasteiger partial charge in [-0.1, -0.05) is 0 Å². The molecule has 0 aliphatic carbocycles. The number of rotatable bonds is 3. The summed E-state index contributed by atoms with van der Waals surface area (Å²) in [5.41, 5.74) is 0. The van der Waals surface area contributed by atoms with Gasteiger partial charge in [-0.05, 0) is 19.9 Å². The fourth-order valence-corrected chi connectivity index (χ4v) is 1.04. The Morgan fingerprint density at radius 3 is 3.09 bits per heavy atom. The fraction of sp³-hybridized carbons (Fsp3) is 0.857. The molecule has 1 aliphatic rings. The summed E-state index contributed by atoms with van der Waals surface area (Å²) in [6, 6.07) is 0. The van der Waals surface area contributed by atoms with Gasteiger partial charge in [-0.2, -0.15) is 4.89 Å². The van der Waals surface area contributed by atoms with Gasteiger partial charge in [0.2, 0.25) is 0 Å². The molecule has 11 heavy (non-hydrogen) atoms. The van der Waals surface area contributed by atoms with Crippen LogP contribution in [0, 0.1) is 5.92 Å². The lowest BCUT2D eigenvalue weighted by molar-refractivity contribution is -0.272. The molecule has 1 rings (SSSR count). The first-order valence-electron chi connectivity index (χ1n) is 3.88. The lowest BCUT2D eigenvalue weighted by atomic mass is 10.1. The van der Waals surface area contributed by atoms with E-state index in [1.54, 1.807) is 6.92 Å². The first kappa shape index (κ1) is 8.49. The standard InChI is InChI=1S/C7H13NO3/c1-2-10-11-7(9)6-3-4-8-5-6/h6,8H,2-5H2,1H3. The predicted octanol–water partition coefficient (Wildman–Crippen LogP) is 0.0906. The lowest BCUT2D eigenvalue weighted by Gasteiger charge is -2.05. The Hall–Kier alpha value is -0.610. The Bertz CT molecular complexity index is 132. The zero-order valence-corrected chi connectivity index (χ0v) is 6.63. The van der Waals surface area contributed by atoms with Gasteiger partial charge in [0.05, 0.1) is 12.5 Å². The topological polar surface area (TPSA) is 47.6 Å². The SMILES string of the molecule is CCOOC(=O)C1CCNC1. The molecule has 4 nitrogen and oxygen atoms in total. The van der Waals surface area contributed by atoms with Gasteiger partial charge in [0.25, 0.3) is 0 Å². The van der Waals surface area contributed by atoms with Crippen molar-refractivity contribution in [2.75, 3.05) is 19.7 Å². The molecule has 0 amide bonds. The van der Waals surface area contributed by atoms with Crippen molar-refractivity contribution in [1.82, 2.24) is 5.32 Å². The van der Waals surface area contributed by atoms with E-state index in [1.807, 2.05) is 0 Å². The quantitative estimate of drug-likeness (QED) is 0.468. The van der Waals surface area contributed by atoms with Crippen molar-refractivity contribution >= 4 is 5.97 Å². The van der Waals surface area contributed by atoms with Crippen LogP contribution in [0.1, 0.15) is 13.3 Å². The van der Waals surface area contributed by atoms with E-state index in [-0.39, 0.29) is 11.9 Å². The van der Waals surface area contributed by atoms with Gasteiger partial charge < -0.3 is 5.32 Å². The monoisotopic (exact) mass is 159 g/mol. The summed E-state index contributed by atoms with van der Waals surface area (Å²) in [4.78, 5) is 20.0. The van der Waals surface area contributed by atoms with Crippen LogP contribution in [0.5, 0.6) is 0 Å². The van der Waals surface area contributed by atoms with Gasteiger partial charge >= 0.3 is 5.97 Å².